The van der Waals surface area contributed by atoms with E-state index in [1.807, 2.05) is 30.3 Å². The zero-order valence-electron chi connectivity index (χ0n) is 12.6. The van der Waals surface area contributed by atoms with Crippen molar-refractivity contribution in [3.8, 4) is 11.8 Å². The van der Waals surface area contributed by atoms with Crippen LogP contribution in [0.25, 0.3) is 10.9 Å². The molecule has 112 valence electrons. The number of para-hydroxylation sites is 1. The molecule has 2 aromatic carbocycles. The maximum Gasteiger partial charge on any atom is 0.402 e. The molecular formula is C18H17NO3. The molecule has 1 atom stereocenters. The van der Waals surface area contributed by atoms with E-state index >= 15 is 0 Å². The Kier molecular flexibility index (Phi) is 3.92. The Balaban J connectivity index is 2.08. The van der Waals surface area contributed by atoms with Gasteiger partial charge in [0, 0.05) is 0 Å². The van der Waals surface area contributed by atoms with Gasteiger partial charge < -0.3 is 9.15 Å². The third kappa shape index (κ3) is 2.72. The lowest BCUT2D eigenvalue weighted by atomic mass is 9.95. The minimum Gasteiger partial charge on any atom is -0.411 e. The van der Waals surface area contributed by atoms with E-state index < -0.39 is 5.63 Å². The van der Waals surface area contributed by atoms with Crippen LogP contribution in [0.5, 0.6) is 11.8 Å². The maximum absolute atomic E-state index is 12.3. The highest BCUT2D eigenvalue weighted by Gasteiger charge is 2.15. The van der Waals surface area contributed by atoms with Crippen LogP contribution in [0.1, 0.15) is 31.7 Å². The number of fused-ring (bicyclic) bond motifs is 1. The number of rotatable bonds is 4. The standard InChI is InChI=1S/C18H17NO3/c1-3-12(2)14-10-7-11-15-16(14)17(20)22-18(19-15)21-13-8-5-4-6-9-13/h4-12H,3H2,1-2H3. The topological polar surface area (TPSA) is 52.3 Å². The van der Waals surface area contributed by atoms with Crippen LogP contribution in [0.3, 0.4) is 0 Å². The van der Waals surface area contributed by atoms with Crippen LogP contribution < -0.4 is 10.4 Å². The first kappa shape index (κ1) is 14.3. The average Bonchev–Trinajstić information content (AvgIpc) is 2.54. The van der Waals surface area contributed by atoms with Gasteiger partial charge in [-0.2, -0.15) is 4.98 Å². The number of benzene rings is 2. The predicted molar refractivity (Wildman–Crippen MR) is 85.5 cm³/mol. The molecule has 0 aliphatic heterocycles. The molecule has 0 radical (unpaired) electrons. The number of hydrogen-bond acceptors (Lipinski definition) is 4. The Morgan fingerprint density at radius 3 is 2.64 bits per heavy atom. The van der Waals surface area contributed by atoms with Crippen molar-refractivity contribution in [3.05, 3.63) is 64.5 Å². The maximum atomic E-state index is 12.3. The molecule has 0 N–H and O–H groups in total. The summed E-state index contributed by atoms with van der Waals surface area (Å²) in [6.07, 6.45) is 0.908. The van der Waals surface area contributed by atoms with Gasteiger partial charge in [-0.25, -0.2) is 4.79 Å². The first-order chi connectivity index (χ1) is 10.7. The zero-order chi connectivity index (χ0) is 15.5. The van der Waals surface area contributed by atoms with E-state index in [0.717, 1.165) is 12.0 Å². The third-order valence-electron chi connectivity index (χ3n) is 3.76. The Morgan fingerprint density at radius 1 is 1.14 bits per heavy atom. The van der Waals surface area contributed by atoms with E-state index in [9.17, 15) is 4.79 Å². The fraction of sp³-hybridized carbons (Fsp3) is 0.222. The lowest BCUT2D eigenvalue weighted by molar-refractivity contribution is 0.307. The van der Waals surface area contributed by atoms with Gasteiger partial charge in [-0.05, 0) is 36.1 Å². The molecule has 0 bridgehead atoms. The number of ether oxygens (including phenoxy) is 1. The van der Waals surface area contributed by atoms with Crippen molar-refractivity contribution in [3.63, 3.8) is 0 Å². The molecule has 0 saturated heterocycles. The van der Waals surface area contributed by atoms with Crippen LogP contribution in [0.2, 0.25) is 0 Å². The molecule has 1 aromatic heterocycles. The quantitative estimate of drug-likeness (QED) is 0.711. The van der Waals surface area contributed by atoms with Crippen molar-refractivity contribution in [2.75, 3.05) is 0 Å². The van der Waals surface area contributed by atoms with Gasteiger partial charge in [0.1, 0.15) is 5.75 Å². The molecule has 1 unspecified atom stereocenters. The first-order valence-electron chi connectivity index (χ1n) is 7.35. The molecule has 0 aliphatic carbocycles. The molecule has 0 saturated carbocycles. The van der Waals surface area contributed by atoms with Crippen molar-refractivity contribution < 1.29 is 9.15 Å². The highest BCUT2D eigenvalue weighted by molar-refractivity contribution is 5.81. The number of hydrogen-bond donors (Lipinski definition) is 0. The van der Waals surface area contributed by atoms with Crippen LogP contribution >= 0.6 is 0 Å². The molecule has 0 amide bonds. The highest BCUT2D eigenvalue weighted by Crippen LogP contribution is 2.26. The van der Waals surface area contributed by atoms with Crippen LogP contribution in [0.4, 0.5) is 0 Å². The second-order valence-corrected chi connectivity index (χ2v) is 5.23. The van der Waals surface area contributed by atoms with Gasteiger partial charge in [0.05, 0.1) is 10.9 Å². The van der Waals surface area contributed by atoms with E-state index in [2.05, 4.69) is 18.8 Å². The summed E-state index contributed by atoms with van der Waals surface area (Å²) in [5.74, 6) is 0.852. The zero-order valence-corrected chi connectivity index (χ0v) is 12.6. The summed E-state index contributed by atoms with van der Waals surface area (Å²) in [5.41, 5.74) is 1.15. The third-order valence-corrected chi connectivity index (χ3v) is 3.76. The van der Waals surface area contributed by atoms with Gasteiger partial charge in [-0.3, -0.25) is 0 Å². The van der Waals surface area contributed by atoms with Gasteiger partial charge >= 0.3 is 11.7 Å². The summed E-state index contributed by atoms with van der Waals surface area (Å²) in [4.78, 5) is 16.7. The summed E-state index contributed by atoms with van der Waals surface area (Å²) >= 11 is 0. The molecule has 0 spiro atoms. The van der Waals surface area contributed by atoms with Crippen LogP contribution in [-0.4, -0.2) is 4.98 Å². The van der Waals surface area contributed by atoms with Crippen molar-refractivity contribution in [2.45, 2.75) is 26.2 Å². The second-order valence-electron chi connectivity index (χ2n) is 5.23. The van der Waals surface area contributed by atoms with Crippen molar-refractivity contribution in [2.24, 2.45) is 0 Å². The highest BCUT2D eigenvalue weighted by atomic mass is 16.6. The minimum atomic E-state index is -0.410. The average molecular weight is 295 g/mol. The Labute approximate surface area is 128 Å². The Morgan fingerprint density at radius 2 is 1.91 bits per heavy atom. The van der Waals surface area contributed by atoms with Gasteiger partial charge in [-0.1, -0.05) is 44.2 Å². The largest absolute Gasteiger partial charge is 0.411 e. The van der Waals surface area contributed by atoms with Crippen LogP contribution in [0.15, 0.2) is 57.7 Å². The summed E-state index contributed by atoms with van der Waals surface area (Å²) < 4.78 is 10.8. The normalized spacial score (nSPS) is 12.3. The number of aromatic nitrogens is 1. The van der Waals surface area contributed by atoms with E-state index in [4.69, 9.17) is 9.15 Å². The van der Waals surface area contributed by atoms with Gasteiger partial charge in [0.25, 0.3) is 0 Å². The SMILES string of the molecule is CCC(C)c1cccc2nc(Oc3ccccc3)oc(=O)c12. The van der Waals surface area contributed by atoms with E-state index in [1.165, 1.54) is 0 Å². The second kappa shape index (κ2) is 6.02. The van der Waals surface area contributed by atoms with Gasteiger partial charge in [0.15, 0.2) is 0 Å². The fourth-order valence-corrected chi connectivity index (χ4v) is 2.39. The molecule has 3 rings (SSSR count). The monoisotopic (exact) mass is 295 g/mol. The Bertz CT molecular complexity index is 840. The van der Waals surface area contributed by atoms with Gasteiger partial charge in [0.2, 0.25) is 0 Å². The molecule has 4 heteroatoms. The lowest BCUT2D eigenvalue weighted by Crippen LogP contribution is -2.07. The molecule has 0 fully saturated rings. The summed E-state index contributed by atoms with van der Waals surface area (Å²) in [6, 6.07) is 14.8. The van der Waals surface area contributed by atoms with E-state index in [-0.39, 0.29) is 12.0 Å². The van der Waals surface area contributed by atoms with Crippen molar-refractivity contribution >= 4 is 10.9 Å². The molecular weight excluding hydrogens is 278 g/mol. The first-order valence-corrected chi connectivity index (χ1v) is 7.35. The van der Waals surface area contributed by atoms with Gasteiger partial charge in [-0.15, -0.1) is 0 Å². The molecule has 22 heavy (non-hydrogen) atoms. The van der Waals surface area contributed by atoms with Crippen molar-refractivity contribution in [1.29, 1.82) is 0 Å². The fourth-order valence-electron chi connectivity index (χ4n) is 2.39. The molecule has 4 nitrogen and oxygen atoms in total. The summed E-state index contributed by atoms with van der Waals surface area (Å²) in [6.45, 7) is 4.17. The smallest absolute Gasteiger partial charge is 0.402 e. The molecule has 3 aromatic rings. The van der Waals surface area contributed by atoms with E-state index in [1.54, 1.807) is 18.2 Å². The predicted octanol–water partition coefficient (Wildman–Crippen LogP) is 4.49. The van der Waals surface area contributed by atoms with E-state index in [0.29, 0.717) is 16.7 Å². The van der Waals surface area contributed by atoms with Crippen LogP contribution in [-0.2, 0) is 0 Å². The van der Waals surface area contributed by atoms with Crippen LogP contribution in [0, 0.1) is 0 Å². The summed E-state index contributed by atoms with van der Waals surface area (Å²) in [5, 5.41) is 0.539. The minimum absolute atomic E-state index is 0.0370. The Hall–Kier alpha value is -2.62. The molecule has 0 aliphatic rings. The number of nitrogens with zero attached hydrogens (tertiary/aromatic N) is 1. The lowest BCUT2D eigenvalue weighted by Gasteiger charge is -2.11. The summed E-state index contributed by atoms with van der Waals surface area (Å²) in [7, 11) is 0. The molecule has 1 heterocycles. The van der Waals surface area contributed by atoms with Crippen molar-refractivity contribution in [1.82, 2.24) is 4.98 Å².